The van der Waals surface area contributed by atoms with Gasteiger partial charge >= 0.3 is 0 Å². The molecule has 66 valence electrons. The lowest BCUT2D eigenvalue weighted by atomic mass is 10.3. The summed E-state index contributed by atoms with van der Waals surface area (Å²) in [6.45, 7) is 0. The number of benzene rings is 1. The summed E-state index contributed by atoms with van der Waals surface area (Å²) in [6, 6.07) is 5.47. The summed E-state index contributed by atoms with van der Waals surface area (Å²) in [5.41, 5.74) is 6.61. The predicted octanol–water partition coefficient (Wildman–Crippen LogP) is 1.89. The number of nitrogens with one attached hydrogen (secondary N) is 2. The number of methoxy groups -OCH3 is 1. The highest BCUT2D eigenvalue weighted by Crippen LogP contribution is 2.26. The van der Waals surface area contributed by atoms with Gasteiger partial charge in [0.05, 0.1) is 17.8 Å². The van der Waals surface area contributed by atoms with E-state index >= 15 is 0 Å². The molecule has 0 bridgehead atoms. The van der Waals surface area contributed by atoms with Gasteiger partial charge in [0, 0.05) is 7.05 Å². The average Bonchev–Trinajstić information content (AvgIpc) is 2.05. The molecule has 0 saturated carbocycles. The molecular formula is C8H11ClN2O. The van der Waals surface area contributed by atoms with Gasteiger partial charge in [-0.1, -0.05) is 11.6 Å². The fourth-order valence-corrected chi connectivity index (χ4v) is 1.15. The zero-order chi connectivity index (χ0) is 8.97. The molecular weight excluding hydrogens is 176 g/mol. The molecule has 4 heteroatoms. The van der Waals surface area contributed by atoms with Crippen molar-refractivity contribution in [3.63, 3.8) is 0 Å². The van der Waals surface area contributed by atoms with Gasteiger partial charge in [0.2, 0.25) is 0 Å². The van der Waals surface area contributed by atoms with Crippen LogP contribution in [-0.4, -0.2) is 14.2 Å². The van der Waals surface area contributed by atoms with E-state index in [-0.39, 0.29) is 0 Å². The quantitative estimate of drug-likeness (QED) is 0.708. The Kier molecular flexibility index (Phi) is 3.19. The lowest BCUT2D eigenvalue weighted by Crippen LogP contribution is -2.14. The number of hydrogen-bond donors (Lipinski definition) is 2. The van der Waals surface area contributed by atoms with Crippen molar-refractivity contribution in [2.24, 2.45) is 0 Å². The Bertz CT molecular complexity index is 265. The van der Waals surface area contributed by atoms with Crippen LogP contribution in [0.2, 0.25) is 5.02 Å². The molecule has 0 aromatic heterocycles. The summed E-state index contributed by atoms with van der Waals surface area (Å²) in [6.07, 6.45) is 0. The Morgan fingerprint density at radius 2 is 2.17 bits per heavy atom. The molecule has 0 fully saturated rings. The van der Waals surface area contributed by atoms with Crippen LogP contribution in [0.25, 0.3) is 0 Å². The third kappa shape index (κ3) is 2.03. The Morgan fingerprint density at radius 1 is 1.42 bits per heavy atom. The SMILES string of the molecule is CNNc1ccc(OC)c(Cl)c1. The van der Waals surface area contributed by atoms with Crippen LogP contribution in [-0.2, 0) is 0 Å². The normalized spacial score (nSPS) is 9.58. The zero-order valence-corrected chi connectivity index (χ0v) is 7.77. The summed E-state index contributed by atoms with van der Waals surface area (Å²) in [5.74, 6) is 0.679. The van der Waals surface area contributed by atoms with E-state index in [1.807, 2.05) is 12.1 Å². The maximum Gasteiger partial charge on any atom is 0.137 e. The van der Waals surface area contributed by atoms with Gasteiger partial charge in [0.15, 0.2) is 0 Å². The van der Waals surface area contributed by atoms with Crippen molar-refractivity contribution in [2.75, 3.05) is 19.6 Å². The van der Waals surface area contributed by atoms with Gasteiger partial charge in [-0.2, -0.15) is 0 Å². The van der Waals surface area contributed by atoms with Gasteiger partial charge in [-0.25, -0.2) is 5.43 Å². The van der Waals surface area contributed by atoms with E-state index in [0.29, 0.717) is 10.8 Å². The summed E-state index contributed by atoms with van der Waals surface area (Å²) in [7, 11) is 3.38. The largest absolute Gasteiger partial charge is 0.495 e. The van der Waals surface area contributed by atoms with Crippen molar-refractivity contribution in [3.05, 3.63) is 23.2 Å². The zero-order valence-electron chi connectivity index (χ0n) is 7.02. The maximum absolute atomic E-state index is 5.87. The van der Waals surface area contributed by atoms with Crippen LogP contribution >= 0.6 is 11.6 Å². The Balaban J connectivity index is 2.86. The fourth-order valence-electron chi connectivity index (χ4n) is 0.888. The minimum absolute atomic E-state index is 0.595. The highest BCUT2D eigenvalue weighted by molar-refractivity contribution is 6.32. The molecule has 0 radical (unpaired) electrons. The van der Waals surface area contributed by atoms with Crippen molar-refractivity contribution >= 4 is 17.3 Å². The van der Waals surface area contributed by atoms with Crippen molar-refractivity contribution in [1.82, 2.24) is 5.43 Å². The van der Waals surface area contributed by atoms with Crippen LogP contribution in [0.5, 0.6) is 5.75 Å². The Morgan fingerprint density at radius 3 is 2.67 bits per heavy atom. The molecule has 1 rings (SSSR count). The van der Waals surface area contributed by atoms with Gasteiger partial charge in [0.1, 0.15) is 5.75 Å². The summed E-state index contributed by atoms with van der Waals surface area (Å²) >= 11 is 5.87. The van der Waals surface area contributed by atoms with E-state index in [1.165, 1.54) is 0 Å². The molecule has 0 atom stereocenters. The molecule has 0 aliphatic carbocycles. The van der Waals surface area contributed by atoms with Gasteiger partial charge in [-0.05, 0) is 18.2 Å². The lowest BCUT2D eigenvalue weighted by Gasteiger charge is -2.06. The maximum atomic E-state index is 5.87. The second-order valence-electron chi connectivity index (χ2n) is 2.22. The minimum atomic E-state index is 0.595. The Hall–Kier alpha value is -0.930. The van der Waals surface area contributed by atoms with Crippen LogP contribution in [0, 0.1) is 0 Å². The molecule has 3 nitrogen and oxygen atoms in total. The van der Waals surface area contributed by atoms with E-state index in [2.05, 4.69) is 10.9 Å². The standard InChI is InChI=1S/C8H11ClN2O/c1-10-11-6-3-4-8(12-2)7(9)5-6/h3-5,10-11H,1-2H3. The highest BCUT2D eigenvalue weighted by atomic mass is 35.5. The fraction of sp³-hybridized carbons (Fsp3) is 0.250. The van der Waals surface area contributed by atoms with E-state index in [0.717, 1.165) is 5.69 Å². The number of rotatable bonds is 3. The highest BCUT2D eigenvalue weighted by Gasteiger charge is 1.99. The molecule has 12 heavy (non-hydrogen) atoms. The van der Waals surface area contributed by atoms with Gasteiger partial charge in [-0.3, -0.25) is 0 Å². The van der Waals surface area contributed by atoms with Gasteiger partial charge < -0.3 is 10.2 Å². The van der Waals surface area contributed by atoms with Crippen molar-refractivity contribution < 1.29 is 4.74 Å². The third-order valence-corrected chi connectivity index (χ3v) is 1.72. The molecule has 0 heterocycles. The van der Waals surface area contributed by atoms with Crippen molar-refractivity contribution in [1.29, 1.82) is 0 Å². The second-order valence-corrected chi connectivity index (χ2v) is 2.63. The van der Waals surface area contributed by atoms with Crippen LogP contribution in [0.3, 0.4) is 0 Å². The van der Waals surface area contributed by atoms with E-state index in [4.69, 9.17) is 16.3 Å². The van der Waals surface area contributed by atoms with Crippen LogP contribution in [0.1, 0.15) is 0 Å². The summed E-state index contributed by atoms with van der Waals surface area (Å²) in [4.78, 5) is 0. The molecule has 0 aliphatic heterocycles. The van der Waals surface area contributed by atoms with Crippen molar-refractivity contribution in [3.8, 4) is 5.75 Å². The summed E-state index contributed by atoms with van der Waals surface area (Å²) < 4.78 is 5.00. The predicted molar refractivity (Wildman–Crippen MR) is 50.7 cm³/mol. The molecule has 1 aromatic carbocycles. The molecule has 0 saturated heterocycles. The number of halogens is 1. The number of hydrazine groups is 1. The monoisotopic (exact) mass is 186 g/mol. The second kappa shape index (κ2) is 4.18. The van der Waals surface area contributed by atoms with Gasteiger partial charge in [0.25, 0.3) is 0 Å². The van der Waals surface area contributed by atoms with Crippen molar-refractivity contribution in [2.45, 2.75) is 0 Å². The number of ether oxygens (including phenoxy) is 1. The van der Waals surface area contributed by atoms with E-state index in [1.54, 1.807) is 20.2 Å². The smallest absolute Gasteiger partial charge is 0.137 e. The molecule has 1 aromatic rings. The lowest BCUT2D eigenvalue weighted by molar-refractivity contribution is 0.415. The first-order chi connectivity index (χ1) is 5.77. The van der Waals surface area contributed by atoms with E-state index < -0.39 is 0 Å². The summed E-state index contributed by atoms with van der Waals surface area (Å²) in [5, 5.41) is 0.595. The van der Waals surface area contributed by atoms with Gasteiger partial charge in [-0.15, -0.1) is 0 Å². The van der Waals surface area contributed by atoms with Crippen LogP contribution < -0.4 is 15.6 Å². The number of anilines is 1. The first kappa shape index (κ1) is 9.16. The minimum Gasteiger partial charge on any atom is -0.495 e. The topological polar surface area (TPSA) is 33.3 Å². The van der Waals surface area contributed by atoms with Crippen LogP contribution in [0.15, 0.2) is 18.2 Å². The Labute approximate surface area is 76.6 Å². The molecule has 0 unspecified atom stereocenters. The molecule has 0 amide bonds. The van der Waals surface area contributed by atoms with E-state index in [9.17, 15) is 0 Å². The number of hydrogen-bond acceptors (Lipinski definition) is 3. The molecule has 0 spiro atoms. The average molecular weight is 187 g/mol. The first-order valence-corrected chi connectivity index (χ1v) is 3.92. The molecule has 2 N–H and O–H groups in total. The third-order valence-electron chi connectivity index (χ3n) is 1.42. The van der Waals surface area contributed by atoms with Crippen LogP contribution in [0.4, 0.5) is 5.69 Å². The first-order valence-electron chi connectivity index (χ1n) is 3.54. The molecule has 0 aliphatic rings.